The molecule has 4 heteroatoms. The van der Waals surface area contributed by atoms with Gasteiger partial charge in [-0.1, -0.05) is 62.4 Å². The van der Waals surface area contributed by atoms with Crippen molar-refractivity contribution in [2.75, 3.05) is 0 Å². The van der Waals surface area contributed by atoms with E-state index in [1.165, 1.54) is 0 Å². The number of aromatic nitrogens is 1. The molecular weight excluding hydrogens is 302 g/mol. The Labute approximate surface area is 141 Å². The number of carboxylic acids is 1. The van der Waals surface area contributed by atoms with Crippen molar-refractivity contribution >= 4 is 16.9 Å². The summed E-state index contributed by atoms with van der Waals surface area (Å²) < 4.78 is 1.70. The summed E-state index contributed by atoms with van der Waals surface area (Å²) in [7, 11) is 0. The first kappa shape index (κ1) is 16.1. The van der Waals surface area contributed by atoms with Gasteiger partial charge in [-0.05, 0) is 18.9 Å². The topological polar surface area (TPSA) is 51.5 Å². The summed E-state index contributed by atoms with van der Waals surface area (Å²) in [5, 5.41) is 10.5. The van der Waals surface area contributed by atoms with E-state index in [2.05, 4.69) is 13.8 Å². The van der Waals surface area contributed by atoms with Gasteiger partial charge < -0.3 is 9.94 Å². The minimum atomic E-state index is -0.947. The molecule has 0 aliphatic carbocycles. The van der Waals surface area contributed by atoms with E-state index >= 15 is 0 Å². The van der Waals surface area contributed by atoms with Crippen molar-refractivity contribution in [3.8, 4) is 11.3 Å². The van der Waals surface area contributed by atoms with Crippen LogP contribution in [0.2, 0.25) is 0 Å². The van der Waals surface area contributed by atoms with Crippen molar-refractivity contribution in [3.05, 3.63) is 60.2 Å². The molecule has 0 amide bonds. The Morgan fingerprint density at radius 3 is 2.29 bits per heavy atom. The molecule has 0 aliphatic heterocycles. The van der Waals surface area contributed by atoms with Crippen molar-refractivity contribution < 1.29 is 14.7 Å². The van der Waals surface area contributed by atoms with Gasteiger partial charge in [0.1, 0.15) is 11.8 Å². The van der Waals surface area contributed by atoms with Gasteiger partial charge in [-0.25, -0.2) is 4.79 Å². The number of nitrogens with zero attached hydrogens (tertiary/aromatic N) is 1. The molecule has 0 radical (unpaired) electrons. The number of carboxylic acid groups (broad SMARTS) is 1. The molecule has 2 aromatic carbocycles. The van der Waals surface area contributed by atoms with Gasteiger partial charge in [0.25, 0.3) is 0 Å². The Hall–Kier alpha value is -2.75. The highest BCUT2D eigenvalue weighted by atomic mass is 16.7. The van der Waals surface area contributed by atoms with Crippen LogP contribution in [-0.2, 0) is 0 Å². The lowest BCUT2D eigenvalue weighted by molar-refractivity contribution is 0.0423. The third kappa shape index (κ3) is 2.75. The number of carbonyl (C=O) groups is 1. The summed E-state index contributed by atoms with van der Waals surface area (Å²) in [6.45, 7) is 4.14. The largest absolute Gasteiger partial charge is 0.478 e. The fraction of sp³-hybridized carbons (Fsp3) is 0.250. The maximum atomic E-state index is 12.0. The number of aromatic carboxylic acids is 1. The van der Waals surface area contributed by atoms with E-state index in [0.29, 0.717) is 11.1 Å². The molecular formula is C20H21NO3. The normalized spacial score (nSPS) is 11.1. The summed E-state index contributed by atoms with van der Waals surface area (Å²) in [6, 6.07) is 17.0. The van der Waals surface area contributed by atoms with Gasteiger partial charge >= 0.3 is 5.97 Å². The predicted octanol–water partition coefficient (Wildman–Crippen LogP) is 4.62. The lowest BCUT2D eigenvalue weighted by atomic mass is 10.1. The summed E-state index contributed by atoms with van der Waals surface area (Å²) in [6.07, 6.45) is 1.75. The minimum Gasteiger partial charge on any atom is -0.478 e. The van der Waals surface area contributed by atoms with Crippen LogP contribution in [0.15, 0.2) is 54.6 Å². The first-order valence-corrected chi connectivity index (χ1v) is 8.26. The molecule has 124 valence electrons. The van der Waals surface area contributed by atoms with Crippen molar-refractivity contribution in [2.24, 2.45) is 0 Å². The van der Waals surface area contributed by atoms with E-state index in [0.717, 1.165) is 23.9 Å². The smallest absolute Gasteiger partial charge is 0.338 e. The van der Waals surface area contributed by atoms with Crippen LogP contribution in [0.3, 0.4) is 0 Å². The highest BCUT2D eigenvalue weighted by molar-refractivity contribution is 6.09. The maximum absolute atomic E-state index is 12.0. The maximum Gasteiger partial charge on any atom is 0.338 e. The standard InChI is InChI=1S/C20H21NO3/c1-3-15(4-2)24-21-17-13-9-8-12-16(17)18(20(22)23)19(21)14-10-6-5-7-11-14/h5-13,15H,3-4H2,1-2H3,(H,22,23). The summed E-state index contributed by atoms with van der Waals surface area (Å²) in [5.74, 6) is -0.947. The average molecular weight is 323 g/mol. The SMILES string of the molecule is CCC(CC)On1c(-c2ccccc2)c(C(=O)O)c2ccccc21. The fourth-order valence-electron chi connectivity index (χ4n) is 2.98. The molecule has 0 bridgehead atoms. The summed E-state index contributed by atoms with van der Waals surface area (Å²) in [5.41, 5.74) is 2.48. The highest BCUT2D eigenvalue weighted by Gasteiger charge is 2.25. The van der Waals surface area contributed by atoms with Crippen LogP contribution in [0, 0.1) is 0 Å². The number of fused-ring (bicyclic) bond motifs is 1. The third-order valence-corrected chi connectivity index (χ3v) is 4.26. The zero-order valence-corrected chi connectivity index (χ0v) is 13.9. The Balaban J connectivity index is 2.33. The van der Waals surface area contributed by atoms with E-state index in [1.54, 1.807) is 4.73 Å². The summed E-state index contributed by atoms with van der Waals surface area (Å²) in [4.78, 5) is 18.2. The first-order chi connectivity index (χ1) is 11.7. The van der Waals surface area contributed by atoms with Gasteiger partial charge in [-0.15, -0.1) is 0 Å². The van der Waals surface area contributed by atoms with Crippen LogP contribution in [0.25, 0.3) is 22.2 Å². The van der Waals surface area contributed by atoms with E-state index in [4.69, 9.17) is 4.84 Å². The van der Waals surface area contributed by atoms with E-state index in [9.17, 15) is 9.90 Å². The van der Waals surface area contributed by atoms with Gasteiger partial charge in [0.15, 0.2) is 0 Å². The second-order valence-electron chi connectivity index (χ2n) is 5.75. The zero-order chi connectivity index (χ0) is 17.1. The second kappa shape index (κ2) is 6.79. The molecule has 24 heavy (non-hydrogen) atoms. The molecule has 3 rings (SSSR count). The Morgan fingerprint density at radius 1 is 1.04 bits per heavy atom. The number of para-hydroxylation sites is 1. The van der Waals surface area contributed by atoms with E-state index in [-0.39, 0.29) is 11.7 Å². The quantitative estimate of drug-likeness (QED) is 0.720. The van der Waals surface area contributed by atoms with Crippen molar-refractivity contribution in [1.29, 1.82) is 0 Å². The number of hydrogen-bond acceptors (Lipinski definition) is 2. The monoisotopic (exact) mass is 323 g/mol. The van der Waals surface area contributed by atoms with Crippen LogP contribution in [0.1, 0.15) is 37.0 Å². The molecule has 1 heterocycles. The average Bonchev–Trinajstić information content (AvgIpc) is 2.94. The molecule has 0 atom stereocenters. The molecule has 0 spiro atoms. The fourth-order valence-corrected chi connectivity index (χ4v) is 2.98. The van der Waals surface area contributed by atoms with Gasteiger partial charge in [-0.2, -0.15) is 4.73 Å². The van der Waals surface area contributed by atoms with Gasteiger partial charge in [0, 0.05) is 10.9 Å². The van der Waals surface area contributed by atoms with Crippen LogP contribution >= 0.6 is 0 Å². The number of benzene rings is 2. The van der Waals surface area contributed by atoms with E-state index < -0.39 is 5.97 Å². The third-order valence-electron chi connectivity index (χ3n) is 4.26. The first-order valence-electron chi connectivity index (χ1n) is 8.26. The van der Waals surface area contributed by atoms with E-state index in [1.807, 2.05) is 54.6 Å². The molecule has 3 aromatic rings. The molecule has 0 aliphatic rings. The van der Waals surface area contributed by atoms with Crippen molar-refractivity contribution in [3.63, 3.8) is 0 Å². The zero-order valence-electron chi connectivity index (χ0n) is 13.9. The molecule has 0 fully saturated rings. The minimum absolute atomic E-state index is 0.0323. The lowest BCUT2D eigenvalue weighted by Gasteiger charge is -2.19. The number of hydrogen-bond donors (Lipinski definition) is 1. The van der Waals surface area contributed by atoms with Crippen LogP contribution < -0.4 is 4.84 Å². The van der Waals surface area contributed by atoms with Gasteiger partial charge in [0.2, 0.25) is 0 Å². The van der Waals surface area contributed by atoms with Gasteiger partial charge in [-0.3, -0.25) is 0 Å². The number of rotatable bonds is 6. The molecule has 4 nitrogen and oxygen atoms in total. The van der Waals surface area contributed by atoms with Crippen LogP contribution in [0.5, 0.6) is 0 Å². The van der Waals surface area contributed by atoms with Crippen molar-refractivity contribution in [1.82, 2.24) is 4.73 Å². The van der Waals surface area contributed by atoms with Crippen LogP contribution in [0.4, 0.5) is 0 Å². The Morgan fingerprint density at radius 2 is 1.67 bits per heavy atom. The molecule has 1 N–H and O–H groups in total. The Bertz CT molecular complexity index is 848. The van der Waals surface area contributed by atoms with Crippen LogP contribution in [-0.4, -0.2) is 21.9 Å². The molecule has 0 saturated heterocycles. The lowest BCUT2D eigenvalue weighted by Crippen LogP contribution is -2.24. The molecule has 0 saturated carbocycles. The predicted molar refractivity (Wildman–Crippen MR) is 95.3 cm³/mol. The highest BCUT2D eigenvalue weighted by Crippen LogP contribution is 2.33. The molecule has 1 aromatic heterocycles. The summed E-state index contributed by atoms with van der Waals surface area (Å²) >= 11 is 0. The van der Waals surface area contributed by atoms with Gasteiger partial charge in [0.05, 0.1) is 11.1 Å². The molecule has 0 unspecified atom stereocenters. The van der Waals surface area contributed by atoms with Crippen molar-refractivity contribution in [2.45, 2.75) is 32.8 Å². The Kier molecular flexibility index (Phi) is 4.56. The second-order valence-corrected chi connectivity index (χ2v) is 5.75.